The predicted molar refractivity (Wildman–Crippen MR) is 162 cm³/mol. The Bertz CT molecular complexity index is 1640. The molecule has 0 saturated carbocycles. The summed E-state index contributed by atoms with van der Waals surface area (Å²) in [6.45, 7) is 2.04. The molecule has 230 valence electrons. The highest BCUT2D eigenvalue weighted by molar-refractivity contribution is 6.08. The van der Waals surface area contributed by atoms with Gasteiger partial charge in [-0.2, -0.15) is 0 Å². The Morgan fingerprint density at radius 1 is 1.02 bits per heavy atom. The van der Waals surface area contributed by atoms with Crippen molar-refractivity contribution < 1.29 is 33.3 Å². The number of anilines is 1. The molecule has 0 spiro atoms. The van der Waals surface area contributed by atoms with E-state index in [1.54, 1.807) is 42.5 Å². The molecule has 0 unspecified atom stereocenters. The molecule has 0 bridgehead atoms. The lowest BCUT2D eigenvalue weighted by molar-refractivity contribution is -0.127. The molecule has 1 saturated heterocycles. The third-order valence-corrected chi connectivity index (χ3v) is 7.55. The van der Waals surface area contributed by atoms with Gasteiger partial charge in [-0.15, -0.1) is 5.10 Å². The second-order valence-electron chi connectivity index (χ2n) is 10.3. The zero-order valence-electron chi connectivity index (χ0n) is 25.1. The SMILES string of the molecule is COc1cc([C@@H](C(=O)NC[C@@H]2CCCO2)N(C(=O)Cn2nnc3ccccc32)c2ccccc2C(C)=O)cc(OC)c1OC. The van der Waals surface area contributed by atoms with Crippen molar-refractivity contribution in [2.24, 2.45) is 0 Å². The van der Waals surface area contributed by atoms with Crippen LogP contribution in [0, 0.1) is 0 Å². The number of carbonyl (C=O) groups excluding carboxylic acids is 3. The topological polar surface area (TPSA) is 134 Å². The van der Waals surface area contributed by atoms with E-state index in [0.29, 0.717) is 40.5 Å². The van der Waals surface area contributed by atoms with Gasteiger partial charge >= 0.3 is 0 Å². The van der Waals surface area contributed by atoms with Gasteiger partial charge in [0.2, 0.25) is 17.6 Å². The minimum atomic E-state index is -1.26. The molecular weight excluding hydrogens is 566 g/mol. The summed E-state index contributed by atoms with van der Waals surface area (Å²) in [4.78, 5) is 42.9. The van der Waals surface area contributed by atoms with Crippen molar-refractivity contribution in [1.82, 2.24) is 20.3 Å². The van der Waals surface area contributed by atoms with E-state index in [1.165, 1.54) is 37.8 Å². The molecule has 4 aromatic rings. The highest BCUT2D eigenvalue weighted by Gasteiger charge is 2.36. The molecule has 1 aliphatic rings. The summed E-state index contributed by atoms with van der Waals surface area (Å²) in [6, 6.07) is 15.9. The first-order valence-corrected chi connectivity index (χ1v) is 14.3. The van der Waals surface area contributed by atoms with E-state index in [4.69, 9.17) is 18.9 Å². The third kappa shape index (κ3) is 6.20. The van der Waals surface area contributed by atoms with Crippen LogP contribution in [0.15, 0.2) is 60.7 Å². The lowest BCUT2D eigenvalue weighted by Gasteiger charge is -2.33. The van der Waals surface area contributed by atoms with Crippen LogP contribution in [0.5, 0.6) is 17.2 Å². The van der Waals surface area contributed by atoms with Crippen LogP contribution in [0.25, 0.3) is 11.0 Å². The highest BCUT2D eigenvalue weighted by Crippen LogP contribution is 2.42. The van der Waals surface area contributed by atoms with Crippen molar-refractivity contribution in [3.8, 4) is 17.2 Å². The van der Waals surface area contributed by atoms with Crippen molar-refractivity contribution in [3.05, 3.63) is 71.8 Å². The molecule has 44 heavy (non-hydrogen) atoms. The molecule has 2 amide bonds. The van der Waals surface area contributed by atoms with E-state index in [1.807, 2.05) is 18.2 Å². The minimum Gasteiger partial charge on any atom is -0.493 e. The number of nitrogens with one attached hydrogen (secondary N) is 1. The Kier molecular flexibility index (Phi) is 9.39. The predicted octanol–water partition coefficient (Wildman–Crippen LogP) is 3.73. The Morgan fingerprint density at radius 3 is 2.39 bits per heavy atom. The van der Waals surface area contributed by atoms with E-state index in [-0.39, 0.29) is 36.2 Å². The number of fused-ring (bicyclic) bond motifs is 1. The van der Waals surface area contributed by atoms with Gasteiger partial charge in [0.05, 0.1) is 38.6 Å². The molecule has 1 fully saturated rings. The Morgan fingerprint density at radius 2 is 1.73 bits per heavy atom. The van der Waals surface area contributed by atoms with Gasteiger partial charge in [0, 0.05) is 18.7 Å². The van der Waals surface area contributed by atoms with E-state index < -0.39 is 17.9 Å². The number of para-hydroxylation sites is 2. The number of hydrogen-bond acceptors (Lipinski definition) is 9. The lowest BCUT2D eigenvalue weighted by atomic mass is 9.99. The van der Waals surface area contributed by atoms with Crippen LogP contribution in [0.1, 0.15) is 41.7 Å². The summed E-state index contributed by atoms with van der Waals surface area (Å²) in [6.07, 6.45) is 1.57. The monoisotopic (exact) mass is 601 g/mol. The van der Waals surface area contributed by atoms with Crippen molar-refractivity contribution in [1.29, 1.82) is 0 Å². The number of benzene rings is 3. The van der Waals surface area contributed by atoms with Crippen molar-refractivity contribution in [3.63, 3.8) is 0 Å². The molecule has 0 radical (unpaired) electrons. The van der Waals surface area contributed by atoms with Gasteiger partial charge < -0.3 is 24.3 Å². The van der Waals surface area contributed by atoms with Crippen LogP contribution in [-0.4, -0.2) is 73.2 Å². The molecule has 0 aliphatic carbocycles. The van der Waals surface area contributed by atoms with E-state index >= 15 is 0 Å². The zero-order valence-corrected chi connectivity index (χ0v) is 25.1. The maximum absolute atomic E-state index is 14.5. The van der Waals surface area contributed by atoms with Crippen LogP contribution in [0.4, 0.5) is 5.69 Å². The van der Waals surface area contributed by atoms with Crippen LogP contribution in [-0.2, 0) is 20.9 Å². The lowest BCUT2D eigenvalue weighted by Crippen LogP contribution is -2.47. The molecule has 1 N–H and O–H groups in total. The standard InChI is InChI=1S/C32H35N5O7/c1-20(38)23-11-5-7-13-25(23)37(29(39)19-36-26-14-8-6-12-24(26)34-35-36)30(32(40)33-18-22-10-9-15-44-22)21-16-27(41-2)31(43-4)28(17-21)42-3/h5-8,11-14,16-17,22,30H,9-10,15,18-19H2,1-4H3,(H,33,40)/t22-,30-/m0/s1. The summed E-state index contributed by atoms with van der Waals surface area (Å²) < 4.78 is 23.9. The normalized spacial score (nSPS) is 15.0. The first-order valence-electron chi connectivity index (χ1n) is 14.3. The quantitative estimate of drug-likeness (QED) is 0.241. The number of carbonyl (C=O) groups is 3. The van der Waals surface area contributed by atoms with Crippen LogP contribution < -0.4 is 24.4 Å². The average Bonchev–Trinajstić information content (AvgIpc) is 3.72. The number of rotatable bonds is 12. The van der Waals surface area contributed by atoms with Gasteiger partial charge in [-0.3, -0.25) is 19.3 Å². The fraction of sp³-hybridized carbons (Fsp3) is 0.344. The van der Waals surface area contributed by atoms with Gasteiger partial charge in [0.25, 0.3) is 0 Å². The second-order valence-corrected chi connectivity index (χ2v) is 10.3. The minimum absolute atomic E-state index is 0.144. The maximum atomic E-state index is 14.5. The van der Waals surface area contributed by atoms with Crippen LogP contribution in [0.3, 0.4) is 0 Å². The summed E-state index contributed by atoms with van der Waals surface area (Å²) in [5, 5.41) is 11.3. The highest BCUT2D eigenvalue weighted by atomic mass is 16.5. The van der Waals surface area contributed by atoms with Gasteiger partial charge in [-0.25, -0.2) is 4.68 Å². The maximum Gasteiger partial charge on any atom is 0.249 e. The Balaban J connectivity index is 1.67. The third-order valence-electron chi connectivity index (χ3n) is 7.55. The molecule has 12 heteroatoms. The number of hydrogen-bond donors (Lipinski definition) is 1. The van der Waals surface area contributed by atoms with Crippen molar-refractivity contribution in [2.75, 3.05) is 39.4 Å². The van der Waals surface area contributed by atoms with E-state index in [2.05, 4.69) is 15.6 Å². The fourth-order valence-corrected chi connectivity index (χ4v) is 5.43. The number of nitrogens with zero attached hydrogens (tertiary/aromatic N) is 4. The first-order chi connectivity index (χ1) is 21.4. The average molecular weight is 602 g/mol. The van der Waals surface area contributed by atoms with Gasteiger partial charge in [-0.1, -0.05) is 29.5 Å². The second kappa shape index (κ2) is 13.6. The van der Waals surface area contributed by atoms with Gasteiger partial charge in [0.1, 0.15) is 18.1 Å². The van der Waals surface area contributed by atoms with E-state index in [9.17, 15) is 14.4 Å². The zero-order chi connectivity index (χ0) is 31.2. The summed E-state index contributed by atoms with van der Waals surface area (Å²) in [7, 11) is 4.42. The molecule has 12 nitrogen and oxygen atoms in total. The number of ketones is 1. The van der Waals surface area contributed by atoms with E-state index in [0.717, 1.165) is 12.8 Å². The Labute approximate surface area is 254 Å². The number of amides is 2. The number of methoxy groups -OCH3 is 3. The van der Waals surface area contributed by atoms with Crippen LogP contribution >= 0.6 is 0 Å². The number of Topliss-reactive ketones (excluding diaryl/α,β-unsaturated/α-hetero) is 1. The fourth-order valence-electron chi connectivity index (χ4n) is 5.43. The first kappa shape index (κ1) is 30.5. The molecular formula is C32H35N5O7. The smallest absolute Gasteiger partial charge is 0.249 e. The molecule has 2 atom stereocenters. The number of ether oxygens (including phenoxy) is 4. The molecule has 1 aliphatic heterocycles. The summed E-state index contributed by atoms with van der Waals surface area (Å²) in [5.74, 6) is -0.326. The largest absolute Gasteiger partial charge is 0.493 e. The Hall–Kier alpha value is -4.97. The molecule has 5 rings (SSSR count). The number of aromatic nitrogens is 3. The van der Waals surface area contributed by atoms with Gasteiger partial charge in [0.15, 0.2) is 17.3 Å². The van der Waals surface area contributed by atoms with Crippen molar-refractivity contribution >= 4 is 34.3 Å². The summed E-state index contributed by atoms with van der Waals surface area (Å²) >= 11 is 0. The van der Waals surface area contributed by atoms with Gasteiger partial charge in [-0.05, 0) is 61.7 Å². The molecule has 1 aromatic heterocycles. The van der Waals surface area contributed by atoms with Crippen molar-refractivity contribution in [2.45, 2.75) is 38.5 Å². The molecule has 3 aromatic carbocycles. The van der Waals surface area contributed by atoms with Crippen LogP contribution in [0.2, 0.25) is 0 Å². The molecule has 2 heterocycles. The summed E-state index contributed by atoms with van der Waals surface area (Å²) in [5.41, 5.74) is 2.17.